The molecule has 4 bridgehead atoms. The first-order chi connectivity index (χ1) is 15.7. The van der Waals surface area contributed by atoms with Crippen molar-refractivity contribution in [3.05, 3.63) is 59.8 Å². The topological polar surface area (TPSA) is 91.2 Å². The molecule has 3 heterocycles. The van der Waals surface area contributed by atoms with Gasteiger partial charge in [0.25, 0.3) is 0 Å². The van der Waals surface area contributed by atoms with Crippen LogP contribution in [0.15, 0.2) is 42.6 Å². The number of nitrogens with one attached hydrogen (secondary N) is 2. The molecule has 1 aliphatic rings. The summed E-state index contributed by atoms with van der Waals surface area (Å²) >= 11 is 0. The van der Waals surface area contributed by atoms with Crippen molar-refractivity contribution in [3.63, 3.8) is 0 Å². The summed E-state index contributed by atoms with van der Waals surface area (Å²) < 4.78 is 54.4. The van der Waals surface area contributed by atoms with Crippen LogP contribution in [0.5, 0.6) is 5.75 Å². The number of anilines is 3. The molecule has 1 unspecified atom stereocenters. The zero-order valence-corrected chi connectivity index (χ0v) is 19.2. The van der Waals surface area contributed by atoms with E-state index in [0.29, 0.717) is 48.2 Å². The normalized spacial score (nSPS) is 15.8. The highest BCUT2D eigenvalue weighted by Crippen LogP contribution is 2.34. The Morgan fingerprint density at radius 3 is 2.76 bits per heavy atom. The summed E-state index contributed by atoms with van der Waals surface area (Å²) in [5.74, 6) is 0.745. The third-order valence-corrected chi connectivity index (χ3v) is 6.08. The van der Waals surface area contributed by atoms with E-state index in [1.807, 2.05) is 18.0 Å². The Morgan fingerprint density at radius 1 is 1.15 bits per heavy atom. The molecule has 3 aromatic rings. The summed E-state index contributed by atoms with van der Waals surface area (Å²) in [6.45, 7) is 1.02. The maximum Gasteiger partial charge on any atom is 0.149 e. The molecule has 0 radical (unpaired) electrons. The molecule has 2 aromatic heterocycles. The molecule has 0 aliphatic carbocycles. The van der Waals surface area contributed by atoms with Crippen LogP contribution in [0.2, 0.25) is 0 Å². The Bertz CT molecular complexity index is 1280. The lowest BCUT2D eigenvalue weighted by Crippen LogP contribution is -2.21. The molecule has 0 amide bonds. The van der Waals surface area contributed by atoms with Gasteiger partial charge in [0.1, 0.15) is 34.8 Å². The minimum absolute atomic E-state index is 0.0832. The Kier molecular flexibility index (Phi) is 6.46. The Balaban J connectivity index is 1.81. The predicted octanol–water partition coefficient (Wildman–Crippen LogP) is 4.95. The third kappa shape index (κ3) is 5.75. The van der Waals surface area contributed by atoms with Crippen LogP contribution in [0.4, 0.5) is 26.2 Å². The number of pyridine rings is 2. The number of fused-ring (bicyclic) bond motifs is 6. The van der Waals surface area contributed by atoms with Crippen LogP contribution >= 0.6 is 0 Å². The van der Waals surface area contributed by atoms with Gasteiger partial charge in [0.05, 0.1) is 18.6 Å². The average molecular weight is 474 g/mol. The summed E-state index contributed by atoms with van der Waals surface area (Å²) in [6, 6.07) is 9.05. The van der Waals surface area contributed by atoms with E-state index in [2.05, 4.69) is 15.3 Å². The van der Waals surface area contributed by atoms with Gasteiger partial charge in [-0.3, -0.25) is 4.78 Å². The van der Waals surface area contributed by atoms with Crippen molar-refractivity contribution in [2.75, 3.05) is 36.7 Å². The largest absolute Gasteiger partial charge is 0.493 e. The van der Waals surface area contributed by atoms with E-state index < -0.39 is 21.4 Å². The van der Waals surface area contributed by atoms with Gasteiger partial charge in [-0.05, 0) is 48.7 Å². The van der Waals surface area contributed by atoms with Gasteiger partial charge in [0.15, 0.2) is 0 Å². The molecule has 4 rings (SSSR count). The van der Waals surface area contributed by atoms with Crippen LogP contribution in [0.3, 0.4) is 0 Å². The number of halogens is 2. The Hall–Kier alpha value is -3.27. The second-order valence-corrected chi connectivity index (χ2v) is 10.5. The van der Waals surface area contributed by atoms with Crippen molar-refractivity contribution in [2.45, 2.75) is 18.6 Å². The van der Waals surface area contributed by atoms with Gasteiger partial charge in [0.2, 0.25) is 0 Å². The second-order valence-electron chi connectivity index (χ2n) is 8.16. The van der Waals surface area contributed by atoms with Gasteiger partial charge in [-0.2, -0.15) is 0 Å². The van der Waals surface area contributed by atoms with Crippen molar-refractivity contribution in [1.82, 2.24) is 9.97 Å². The first kappa shape index (κ1) is 22.9. The monoisotopic (exact) mass is 473 g/mol. The number of rotatable bonds is 2. The van der Waals surface area contributed by atoms with Crippen LogP contribution in [-0.2, 0) is 15.5 Å². The van der Waals surface area contributed by atoms with Crippen molar-refractivity contribution >= 4 is 27.2 Å². The fraction of sp³-hybridized carbons (Fsp3) is 0.304. The fourth-order valence-electron chi connectivity index (χ4n) is 3.66. The lowest BCUT2D eigenvalue weighted by Gasteiger charge is -2.20. The minimum atomic E-state index is -2.76. The summed E-state index contributed by atoms with van der Waals surface area (Å²) in [5, 5.41) is 3.08. The smallest absolute Gasteiger partial charge is 0.149 e. The molecule has 1 aliphatic heterocycles. The van der Waals surface area contributed by atoms with E-state index in [0.717, 1.165) is 12.6 Å². The van der Waals surface area contributed by atoms with Gasteiger partial charge >= 0.3 is 0 Å². The SMILES string of the molecule is CN1CCCCOc2cc(F)ccc2-c2cc(ncc2F)Nc2cc(CS(C)(=N)=O)cc1n2. The van der Waals surface area contributed by atoms with Crippen LogP contribution < -0.4 is 15.0 Å². The zero-order chi connectivity index (χ0) is 23.6. The highest BCUT2D eigenvalue weighted by Gasteiger charge is 2.16. The third-order valence-electron chi connectivity index (χ3n) is 5.20. The molecule has 1 aromatic carbocycles. The van der Waals surface area contributed by atoms with Crippen LogP contribution in [0.25, 0.3) is 11.1 Å². The Labute approximate surface area is 191 Å². The summed E-state index contributed by atoms with van der Waals surface area (Å²) in [6.07, 6.45) is 3.96. The van der Waals surface area contributed by atoms with Gasteiger partial charge < -0.3 is 15.0 Å². The number of ether oxygens (including phenoxy) is 1. The van der Waals surface area contributed by atoms with E-state index in [1.54, 1.807) is 6.07 Å². The summed E-state index contributed by atoms with van der Waals surface area (Å²) in [5.41, 5.74) is 1.34. The molecular formula is C23H25F2N5O2S. The molecule has 0 fully saturated rings. The maximum absolute atomic E-state index is 14.7. The number of hydrogen-bond donors (Lipinski definition) is 2. The lowest BCUT2D eigenvalue weighted by molar-refractivity contribution is 0.307. The quantitative estimate of drug-likeness (QED) is 0.547. The number of aromatic nitrogens is 2. The highest BCUT2D eigenvalue weighted by molar-refractivity contribution is 7.90. The Morgan fingerprint density at radius 2 is 1.97 bits per heavy atom. The standard InChI is InChI=1S/C23H25F2N5O2S/c1-30-7-3-4-8-32-20-11-16(24)5-6-17(20)18-12-21(27-13-19(18)25)28-22-9-15(10-23(30)29-22)14-33(2,26)31/h5-6,9-13,26H,3-4,7-8,14H2,1-2H3,(H,27,28,29). The van der Waals surface area contributed by atoms with E-state index in [1.165, 1.54) is 30.5 Å². The van der Waals surface area contributed by atoms with E-state index >= 15 is 0 Å². The van der Waals surface area contributed by atoms with E-state index in [4.69, 9.17) is 9.52 Å². The number of benzene rings is 1. The number of nitrogens with zero attached hydrogens (tertiary/aromatic N) is 3. The maximum atomic E-state index is 14.7. The molecular weight excluding hydrogens is 448 g/mol. The molecule has 7 nitrogen and oxygen atoms in total. The molecule has 33 heavy (non-hydrogen) atoms. The summed E-state index contributed by atoms with van der Waals surface area (Å²) in [7, 11) is -0.861. The van der Waals surface area contributed by atoms with Crippen molar-refractivity contribution in [2.24, 2.45) is 0 Å². The predicted molar refractivity (Wildman–Crippen MR) is 126 cm³/mol. The summed E-state index contributed by atoms with van der Waals surface area (Å²) in [4.78, 5) is 10.7. The van der Waals surface area contributed by atoms with Gasteiger partial charge in [-0.15, -0.1) is 0 Å². The molecule has 174 valence electrons. The van der Waals surface area contributed by atoms with Crippen LogP contribution in [0.1, 0.15) is 18.4 Å². The minimum Gasteiger partial charge on any atom is -0.493 e. The fourth-order valence-corrected chi connectivity index (χ4v) is 4.47. The van der Waals surface area contributed by atoms with E-state index in [9.17, 15) is 13.0 Å². The van der Waals surface area contributed by atoms with Crippen LogP contribution in [-0.4, -0.2) is 40.6 Å². The molecule has 10 heteroatoms. The van der Waals surface area contributed by atoms with Gasteiger partial charge in [-0.25, -0.2) is 23.0 Å². The van der Waals surface area contributed by atoms with Gasteiger partial charge in [-0.1, -0.05) is 0 Å². The molecule has 2 N–H and O–H groups in total. The first-order valence-corrected chi connectivity index (χ1v) is 12.6. The molecule has 0 saturated heterocycles. The molecule has 0 spiro atoms. The second kappa shape index (κ2) is 9.30. The highest BCUT2D eigenvalue weighted by atomic mass is 32.2. The molecule has 0 saturated carbocycles. The van der Waals surface area contributed by atoms with E-state index in [-0.39, 0.29) is 17.1 Å². The van der Waals surface area contributed by atoms with Crippen molar-refractivity contribution in [3.8, 4) is 16.9 Å². The first-order valence-electron chi connectivity index (χ1n) is 10.5. The van der Waals surface area contributed by atoms with Crippen molar-refractivity contribution < 1.29 is 17.7 Å². The van der Waals surface area contributed by atoms with Crippen molar-refractivity contribution in [1.29, 1.82) is 4.78 Å². The lowest BCUT2D eigenvalue weighted by atomic mass is 10.0. The molecule has 1 atom stereocenters. The average Bonchev–Trinajstić information content (AvgIpc) is 2.73. The zero-order valence-electron chi connectivity index (χ0n) is 18.4. The van der Waals surface area contributed by atoms with Gasteiger partial charge in [0, 0.05) is 46.8 Å². The van der Waals surface area contributed by atoms with Crippen LogP contribution in [0, 0.1) is 16.4 Å². The number of hydrogen-bond acceptors (Lipinski definition) is 7.